The van der Waals surface area contributed by atoms with Gasteiger partial charge in [-0.3, -0.25) is 4.79 Å². The van der Waals surface area contributed by atoms with E-state index in [1.807, 2.05) is 0 Å². The van der Waals surface area contributed by atoms with Crippen LogP contribution in [0, 0.1) is 0 Å². The zero-order valence-corrected chi connectivity index (χ0v) is 10.0. The molecule has 1 aromatic rings. The molecule has 0 saturated carbocycles. The Labute approximate surface area is 104 Å². The van der Waals surface area contributed by atoms with Crippen molar-refractivity contribution in [3.05, 3.63) is 40.9 Å². The quantitative estimate of drug-likeness (QED) is 0.656. The molecule has 1 amide bonds. The van der Waals surface area contributed by atoms with Crippen LogP contribution in [0.1, 0.15) is 5.56 Å². The summed E-state index contributed by atoms with van der Waals surface area (Å²) < 4.78 is 4.68. The van der Waals surface area contributed by atoms with Crippen molar-refractivity contribution >= 4 is 29.6 Å². The van der Waals surface area contributed by atoms with Crippen LogP contribution >= 0.6 is 11.6 Å². The fourth-order valence-corrected chi connectivity index (χ4v) is 1.23. The molecule has 0 saturated heterocycles. The zero-order valence-electron chi connectivity index (χ0n) is 9.27. The molecule has 0 aliphatic carbocycles. The topological polar surface area (TPSA) is 55.4 Å². The first-order valence-electron chi connectivity index (χ1n) is 4.93. The highest BCUT2D eigenvalue weighted by atomic mass is 35.5. The van der Waals surface area contributed by atoms with Gasteiger partial charge >= 0.3 is 5.97 Å². The third kappa shape index (κ3) is 5.17. The number of likely N-dealkylation sites (N-methyl/N-ethyl adjacent to an activating group) is 1. The molecule has 17 heavy (non-hydrogen) atoms. The number of hydrogen-bond donors (Lipinski definition) is 1. The summed E-state index contributed by atoms with van der Waals surface area (Å²) in [5, 5.41) is 2.93. The summed E-state index contributed by atoms with van der Waals surface area (Å²) in [5.74, 6) is -0.928. The van der Waals surface area contributed by atoms with Gasteiger partial charge in [-0.15, -0.1) is 0 Å². The van der Waals surface area contributed by atoms with Crippen molar-refractivity contribution in [2.75, 3.05) is 13.7 Å². The number of amides is 1. The molecule has 0 aromatic heterocycles. The van der Waals surface area contributed by atoms with E-state index in [1.165, 1.54) is 13.1 Å². The van der Waals surface area contributed by atoms with E-state index in [0.29, 0.717) is 5.02 Å². The van der Waals surface area contributed by atoms with Crippen LogP contribution in [0.15, 0.2) is 30.3 Å². The summed E-state index contributed by atoms with van der Waals surface area (Å²) >= 11 is 5.78. The Morgan fingerprint density at radius 2 is 2.24 bits per heavy atom. The largest absolute Gasteiger partial charge is 0.452 e. The standard InChI is InChI=1S/C12H12ClNO3/c1-14-11(15)8-17-12(16)6-5-9-3-2-4-10(13)7-9/h2-7H,8H2,1H3,(H,14,15). The lowest BCUT2D eigenvalue weighted by Crippen LogP contribution is -2.24. The van der Waals surface area contributed by atoms with E-state index in [2.05, 4.69) is 10.1 Å². The fraction of sp³-hybridized carbons (Fsp3) is 0.167. The van der Waals surface area contributed by atoms with Crippen molar-refractivity contribution in [1.29, 1.82) is 0 Å². The molecule has 0 fully saturated rings. The van der Waals surface area contributed by atoms with E-state index in [1.54, 1.807) is 30.3 Å². The lowest BCUT2D eigenvalue weighted by molar-refractivity contribution is -0.143. The molecule has 1 aromatic carbocycles. The smallest absolute Gasteiger partial charge is 0.331 e. The molecule has 0 atom stereocenters. The summed E-state index contributed by atoms with van der Waals surface area (Å²) in [6.07, 6.45) is 2.81. The van der Waals surface area contributed by atoms with Crippen molar-refractivity contribution in [3.63, 3.8) is 0 Å². The van der Waals surface area contributed by atoms with Crippen LogP contribution in [0.25, 0.3) is 6.08 Å². The Morgan fingerprint density at radius 1 is 1.47 bits per heavy atom. The van der Waals surface area contributed by atoms with Gasteiger partial charge in [0.25, 0.3) is 5.91 Å². The molecule has 5 heteroatoms. The average Bonchev–Trinajstić information content (AvgIpc) is 2.33. The SMILES string of the molecule is CNC(=O)COC(=O)C=Cc1cccc(Cl)c1. The van der Waals surface area contributed by atoms with E-state index < -0.39 is 5.97 Å². The third-order valence-corrected chi connectivity index (χ3v) is 2.12. The summed E-state index contributed by atoms with van der Waals surface area (Å²) in [6, 6.07) is 7.03. The molecule has 0 bridgehead atoms. The van der Waals surface area contributed by atoms with Gasteiger partial charge in [0.1, 0.15) is 0 Å². The second-order valence-corrected chi connectivity index (χ2v) is 3.61. The number of esters is 1. The minimum atomic E-state index is -0.575. The van der Waals surface area contributed by atoms with Crippen LogP contribution in [0.2, 0.25) is 5.02 Å². The van der Waals surface area contributed by atoms with Crippen molar-refractivity contribution < 1.29 is 14.3 Å². The monoisotopic (exact) mass is 253 g/mol. The van der Waals surface area contributed by atoms with Gasteiger partial charge in [-0.25, -0.2) is 4.79 Å². The second-order valence-electron chi connectivity index (χ2n) is 3.17. The van der Waals surface area contributed by atoms with Gasteiger partial charge in [-0.05, 0) is 23.8 Å². The van der Waals surface area contributed by atoms with Gasteiger partial charge in [-0.1, -0.05) is 23.7 Å². The fourth-order valence-electron chi connectivity index (χ4n) is 1.03. The first kappa shape index (κ1) is 13.3. The number of rotatable bonds is 4. The van der Waals surface area contributed by atoms with Crippen LogP contribution in [0.5, 0.6) is 0 Å². The van der Waals surface area contributed by atoms with Gasteiger partial charge in [0.05, 0.1) is 0 Å². The predicted octanol–water partition coefficient (Wildman–Crippen LogP) is 1.64. The van der Waals surface area contributed by atoms with Gasteiger partial charge in [0.2, 0.25) is 0 Å². The Balaban J connectivity index is 2.48. The number of benzene rings is 1. The van der Waals surface area contributed by atoms with Crippen molar-refractivity contribution in [3.8, 4) is 0 Å². The minimum absolute atomic E-state index is 0.283. The lowest BCUT2D eigenvalue weighted by atomic mass is 10.2. The number of ether oxygens (including phenoxy) is 1. The number of halogens is 1. The van der Waals surface area contributed by atoms with Gasteiger partial charge in [-0.2, -0.15) is 0 Å². The Morgan fingerprint density at radius 3 is 2.88 bits per heavy atom. The zero-order chi connectivity index (χ0) is 12.7. The van der Waals surface area contributed by atoms with Crippen LogP contribution in [0.4, 0.5) is 0 Å². The highest BCUT2D eigenvalue weighted by molar-refractivity contribution is 6.30. The molecular weight excluding hydrogens is 242 g/mol. The molecular formula is C12H12ClNO3. The molecule has 90 valence electrons. The Bertz CT molecular complexity index is 443. The van der Waals surface area contributed by atoms with Gasteiger partial charge in [0.15, 0.2) is 6.61 Å². The predicted molar refractivity (Wildman–Crippen MR) is 65.5 cm³/mol. The maximum atomic E-state index is 11.2. The first-order chi connectivity index (χ1) is 8.11. The number of nitrogens with one attached hydrogen (secondary N) is 1. The molecule has 0 aliphatic heterocycles. The minimum Gasteiger partial charge on any atom is -0.452 e. The summed E-state index contributed by atoms with van der Waals surface area (Å²) in [4.78, 5) is 22.0. The average molecular weight is 254 g/mol. The molecule has 0 heterocycles. The van der Waals surface area contributed by atoms with Crippen molar-refractivity contribution in [2.24, 2.45) is 0 Å². The Kier molecular flexibility index (Phi) is 5.23. The first-order valence-corrected chi connectivity index (χ1v) is 5.30. The lowest BCUT2D eigenvalue weighted by Gasteiger charge is -1.99. The second kappa shape index (κ2) is 6.70. The number of hydrogen-bond acceptors (Lipinski definition) is 3. The maximum Gasteiger partial charge on any atom is 0.331 e. The van der Waals surface area contributed by atoms with Gasteiger partial charge in [0, 0.05) is 18.1 Å². The van der Waals surface area contributed by atoms with E-state index in [4.69, 9.17) is 11.6 Å². The molecule has 0 unspecified atom stereocenters. The number of carbonyl (C=O) groups is 2. The highest BCUT2D eigenvalue weighted by Crippen LogP contribution is 2.11. The van der Waals surface area contributed by atoms with Crippen LogP contribution < -0.4 is 5.32 Å². The summed E-state index contributed by atoms with van der Waals surface area (Å²) in [6.45, 7) is -0.283. The van der Waals surface area contributed by atoms with Crippen LogP contribution in [-0.2, 0) is 14.3 Å². The summed E-state index contributed by atoms with van der Waals surface area (Å²) in [7, 11) is 1.47. The van der Waals surface area contributed by atoms with Gasteiger partial charge < -0.3 is 10.1 Å². The third-order valence-electron chi connectivity index (χ3n) is 1.88. The van der Waals surface area contributed by atoms with E-state index in [0.717, 1.165) is 5.56 Å². The summed E-state index contributed by atoms with van der Waals surface area (Å²) in [5.41, 5.74) is 0.786. The van der Waals surface area contributed by atoms with Crippen molar-refractivity contribution in [2.45, 2.75) is 0 Å². The van der Waals surface area contributed by atoms with E-state index in [9.17, 15) is 9.59 Å². The molecule has 4 nitrogen and oxygen atoms in total. The van der Waals surface area contributed by atoms with Crippen LogP contribution in [-0.4, -0.2) is 25.5 Å². The molecule has 1 N–H and O–H groups in total. The van der Waals surface area contributed by atoms with E-state index >= 15 is 0 Å². The maximum absolute atomic E-state index is 11.2. The molecule has 0 radical (unpaired) electrons. The van der Waals surface area contributed by atoms with Crippen LogP contribution in [0.3, 0.4) is 0 Å². The molecule has 0 aliphatic rings. The molecule has 1 rings (SSSR count). The van der Waals surface area contributed by atoms with Crippen molar-refractivity contribution in [1.82, 2.24) is 5.32 Å². The highest BCUT2D eigenvalue weighted by Gasteiger charge is 2.01. The Hall–Kier alpha value is -1.81. The normalized spacial score (nSPS) is 10.2. The number of carbonyl (C=O) groups excluding carboxylic acids is 2. The van der Waals surface area contributed by atoms with E-state index in [-0.39, 0.29) is 12.5 Å². The molecule has 0 spiro atoms.